The lowest BCUT2D eigenvalue weighted by atomic mass is 10.1. The number of allylic oxidation sites excluding steroid dienone is 1. The third-order valence-corrected chi connectivity index (χ3v) is 3.13. The number of ether oxygens (including phenoxy) is 1. The molecule has 0 saturated carbocycles. The van der Waals surface area contributed by atoms with Gasteiger partial charge in [0.15, 0.2) is 0 Å². The Labute approximate surface area is 122 Å². The van der Waals surface area contributed by atoms with E-state index in [0.717, 1.165) is 16.9 Å². The van der Waals surface area contributed by atoms with E-state index in [1.165, 1.54) is 6.08 Å². The Morgan fingerprint density at radius 3 is 2.85 bits per heavy atom. The highest BCUT2D eigenvalue weighted by molar-refractivity contribution is 6.17. The number of rotatable bonds is 5. The summed E-state index contributed by atoms with van der Waals surface area (Å²) in [5.74, 6) is 0.973. The number of hydrogen-bond donors (Lipinski definition) is 0. The van der Waals surface area contributed by atoms with Gasteiger partial charge < -0.3 is 4.74 Å². The van der Waals surface area contributed by atoms with Gasteiger partial charge >= 0.3 is 0 Å². The fourth-order valence-electron chi connectivity index (χ4n) is 1.81. The summed E-state index contributed by atoms with van der Waals surface area (Å²) in [6.45, 7) is 0. The van der Waals surface area contributed by atoms with Gasteiger partial charge in [-0.1, -0.05) is 12.1 Å². The molecule has 20 heavy (non-hydrogen) atoms. The molecule has 4 nitrogen and oxygen atoms in total. The van der Waals surface area contributed by atoms with Gasteiger partial charge in [-0.2, -0.15) is 5.10 Å². The van der Waals surface area contributed by atoms with Crippen LogP contribution in [-0.4, -0.2) is 22.7 Å². The molecule has 5 heteroatoms. The van der Waals surface area contributed by atoms with Crippen LogP contribution in [-0.2, 0) is 12.9 Å². The molecule has 1 heterocycles. The summed E-state index contributed by atoms with van der Waals surface area (Å²) in [6, 6.07) is 7.29. The maximum Gasteiger partial charge on any atom is 0.206 e. The van der Waals surface area contributed by atoms with Crippen molar-refractivity contribution in [3.8, 4) is 5.75 Å². The van der Waals surface area contributed by atoms with E-state index >= 15 is 0 Å². The normalized spacial score (nSPS) is 10.9. The summed E-state index contributed by atoms with van der Waals surface area (Å²) in [4.78, 5) is 11.9. The first-order valence-electron chi connectivity index (χ1n) is 6.09. The number of carbonyl (C=O) groups excluding carboxylic acids is 1. The molecule has 0 aliphatic rings. The zero-order valence-electron chi connectivity index (χ0n) is 11.3. The van der Waals surface area contributed by atoms with Crippen molar-refractivity contribution in [2.24, 2.45) is 7.05 Å². The lowest BCUT2D eigenvalue weighted by Crippen LogP contribution is -1.97. The van der Waals surface area contributed by atoms with Crippen LogP contribution >= 0.6 is 11.6 Å². The summed E-state index contributed by atoms with van der Waals surface area (Å²) < 4.78 is 6.80. The highest BCUT2D eigenvalue weighted by Gasteiger charge is 2.05. The molecule has 0 aliphatic heterocycles. The van der Waals surface area contributed by atoms with Crippen molar-refractivity contribution < 1.29 is 9.53 Å². The van der Waals surface area contributed by atoms with Crippen molar-refractivity contribution >= 4 is 23.5 Å². The number of ketones is 1. The number of carbonyl (C=O) groups is 1. The minimum absolute atomic E-state index is 0.131. The number of aryl methyl sites for hydroxylation is 1. The molecule has 0 unspecified atom stereocenters. The van der Waals surface area contributed by atoms with Crippen molar-refractivity contribution in [1.29, 1.82) is 0 Å². The van der Waals surface area contributed by atoms with E-state index in [1.807, 2.05) is 18.2 Å². The zero-order chi connectivity index (χ0) is 14.5. The topological polar surface area (TPSA) is 44.1 Å². The number of halogens is 1. The van der Waals surface area contributed by atoms with Crippen molar-refractivity contribution in [3.63, 3.8) is 0 Å². The third-order valence-electron chi connectivity index (χ3n) is 2.84. The van der Waals surface area contributed by atoms with Gasteiger partial charge in [-0.05, 0) is 29.8 Å². The Balaban J connectivity index is 2.17. The largest absolute Gasteiger partial charge is 0.496 e. The molecule has 0 bridgehead atoms. The Bertz CT molecular complexity index is 647. The maximum atomic E-state index is 11.9. The molecule has 0 saturated heterocycles. The van der Waals surface area contributed by atoms with Gasteiger partial charge in [0.1, 0.15) is 11.4 Å². The number of hydrogen-bond acceptors (Lipinski definition) is 3. The molecule has 0 atom stereocenters. The van der Waals surface area contributed by atoms with E-state index in [2.05, 4.69) is 5.10 Å². The van der Waals surface area contributed by atoms with Crippen molar-refractivity contribution in [1.82, 2.24) is 9.78 Å². The minimum atomic E-state index is -0.131. The SMILES string of the molecule is COc1ccc(/C=C/C(=O)c2ccn(C)n2)cc1CCl. The zero-order valence-corrected chi connectivity index (χ0v) is 12.1. The quantitative estimate of drug-likeness (QED) is 0.483. The van der Waals surface area contributed by atoms with Gasteiger partial charge in [-0.25, -0.2) is 0 Å². The molecule has 2 aromatic rings. The van der Waals surface area contributed by atoms with Crippen LogP contribution in [0.15, 0.2) is 36.5 Å². The standard InChI is InChI=1S/C15H15ClN2O2/c1-18-8-7-13(17-18)14(19)5-3-11-4-6-15(20-2)12(9-11)10-16/h3-9H,10H2,1-2H3/b5-3+. The molecule has 0 radical (unpaired) electrons. The van der Waals surface area contributed by atoms with Crippen LogP contribution in [0.4, 0.5) is 0 Å². The first kappa shape index (κ1) is 14.3. The van der Waals surface area contributed by atoms with E-state index < -0.39 is 0 Å². The van der Waals surface area contributed by atoms with E-state index in [9.17, 15) is 4.79 Å². The number of alkyl halides is 1. The smallest absolute Gasteiger partial charge is 0.206 e. The third kappa shape index (κ3) is 3.27. The van der Waals surface area contributed by atoms with Gasteiger partial charge in [0.05, 0.1) is 13.0 Å². The van der Waals surface area contributed by atoms with E-state index in [1.54, 1.807) is 37.2 Å². The number of benzene rings is 1. The molecular weight excluding hydrogens is 276 g/mol. The molecule has 0 amide bonds. The average molecular weight is 291 g/mol. The van der Waals surface area contributed by atoms with E-state index in [-0.39, 0.29) is 5.78 Å². The van der Waals surface area contributed by atoms with Crippen LogP contribution in [0.5, 0.6) is 5.75 Å². The van der Waals surface area contributed by atoms with Gasteiger partial charge in [-0.3, -0.25) is 9.48 Å². The maximum absolute atomic E-state index is 11.9. The summed E-state index contributed by atoms with van der Waals surface area (Å²) in [5.41, 5.74) is 2.21. The van der Waals surface area contributed by atoms with Crippen molar-refractivity contribution in [2.75, 3.05) is 7.11 Å². The molecule has 0 fully saturated rings. The van der Waals surface area contributed by atoms with Gasteiger partial charge in [-0.15, -0.1) is 11.6 Å². The lowest BCUT2D eigenvalue weighted by molar-refractivity contribution is 0.104. The van der Waals surface area contributed by atoms with Crippen LogP contribution in [0.3, 0.4) is 0 Å². The second-order valence-electron chi connectivity index (χ2n) is 4.28. The highest BCUT2D eigenvalue weighted by Crippen LogP contribution is 2.22. The summed E-state index contributed by atoms with van der Waals surface area (Å²) in [7, 11) is 3.38. The monoisotopic (exact) mass is 290 g/mol. The van der Waals surface area contributed by atoms with Crippen LogP contribution in [0, 0.1) is 0 Å². The highest BCUT2D eigenvalue weighted by atomic mass is 35.5. The Morgan fingerprint density at radius 1 is 1.45 bits per heavy atom. The molecule has 1 aromatic carbocycles. The molecule has 0 aliphatic carbocycles. The van der Waals surface area contributed by atoms with E-state index in [0.29, 0.717) is 11.6 Å². The molecule has 2 rings (SSSR count). The van der Waals surface area contributed by atoms with Crippen LogP contribution < -0.4 is 4.74 Å². The Kier molecular flexibility index (Phi) is 4.58. The van der Waals surface area contributed by atoms with Gasteiger partial charge in [0.25, 0.3) is 0 Å². The average Bonchev–Trinajstić information content (AvgIpc) is 2.91. The molecule has 0 spiro atoms. The Morgan fingerprint density at radius 2 is 2.25 bits per heavy atom. The van der Waals surface area contributed by atoms with Crippen molar-refractivity contribution in [2.45, 2.75) is 5.88 Å². The predicted octanol–water partition coefficient (Wildman–Crippen LogP) is 3.06. The predicted molar refractivity (Wildman–Crippen MR) is 79.1 cm³/mol. The van der Waals surface area contributed by atoms with E-state index in [4.69, 9.17) is 16.3 Å². The number of methoxy groups -OCH3 is 1. The number of aromatic nitrogens is 2. The molecule has 104 valence electrons. The van der Waals surface area contributed by atoms with Crippen LogP contribution in [0.25, 0.3) is 6.08 Å². The van der Waals surface area contributed by atoms with Crippen LogP contribution in [0.2, 0.25) is 0 Å². The summed E-state index contributed by atoms with van der Waals surface area (Å²) in [5, 5.41) is 4.06. The van der Waals surface area contributed by atoms with Gasteiger partial charge in [0, 0.05) is 18.8 Å². The lowest BCUT2D eigenvalue weighted by Gasteiger charge is -2.06. The van der Waals surface area contributed by atoms with Crippen LogP contribution in [0.1, 0.15) is 21.6 Å². The molecule has 0 N–H and O–H groups in total. The summed E-state index contributed by atoms with van der Waals surface area (Å²) in [6.07, 6.45) is 4.98. The molecule has 1 aromatic heterocycles. The fourth-order valence-corrected chi connectivity index (χ4v) is 2.02. The fraction of sp³-hybridized carbons (Fsp3) is 0.200. The van der Waals surface area contributed by atoms with Crippen molar-refractivity contribution in [3.05, 3.63) is 53.4 Å². The summed E-state index contributed by atoms with van der Waals surface area (Å²) >= 11 is 5.86. The Hall–Kier alpha value is -2.07. The second kappa shape index (κ2) is 6.39. The first-order chi connectivity index (χ1) is 9.63. The minimum Gasteiger partial charge on any atom is -0.496 e. The number of nitrogens with zero attached hydrogens (tertiary/aromatic N) is 2. The molecular formula is C15H15ClN2O2. The first-order valence-corrected chi connectivity index (χ1v) is 6.62. The van der Waals surface area contributed by atoms with Gasteiger partial charge in [0.2, 0.25) is 5.78 Å². The second-order valence-corrected chi connectivity index (χ2v) is 4.54.